The van der Waals surface area contributed by atoms with E-state index < -0.39 is 0 Å². The van der Waals surface area contributed by atoms with Crippen molar-refractivity contribution >= 4 is 11.7 Å². The quantitative estimate of drug-likeness (QED) is 0.654. The maximum atomic E-state index is 12.8. The number of pyridine rings is 1. The minimum absolute atomic E-state index is 0.0761. The predicted molar refractivity (Wildman–Crippen MR) is 127 cm³/mol. The van der Waals surface area contributed by atoms with Crippen molar-refractivity contribution in [2.45, 2.75) is 84.0 Å². The van der Waals surface area contributed by atoms with Crippen molar-refractivity contribution in [2.24, 2.45) is 5.92 Å². The minimum atomic E-state index is -0.300. The van der Waals surface area contributed by atoms with E-state index in [4.69, 9.17) is 14.5 Å². The van der Waals surface area contributed by atoms with Gasteiger partial charge in [-0.15, -0.1) is 0 Å². The van der Waals surface area contributed by atoms with Gasteiger partial charge in [0.25, 0.3) is 0 Å². The zero-order chi connectivity index (χ0) is 24.0. The molecule has 1 aromatic heterocycles. The zero-order valence-corrected chi connectivity index (χ0v) is 21.0. The van der Waals surface area contributed by atoms with E-state index in [0.717, 1.165) is 35.5 Å². The highest BCUT2D eigenvalue weighted by Gasteiger charge is 2.46. The Hall–Kier alpha value is -2.17. The molecule has 7 nitrogen and oxygen atoms in total. The summed E-state index contributed by atoms with van der Waals surface area (Å²) in [5, 5.41) is 10.3. The molecule has 1 aliphatic carbocycles. The first-order valence-electron chi connectivity index (χ1n) is 12.2. The molecule has 0 aromatic carbocycles. The van der Waals surface area contributed by atoms with Crippen molar-refractivity contribution in [2.75, 3.05) is 38.3 Å². The van der Waals surface area contributed by atoms with Gasteiger partial charge in [0.15, 0.2) is 0 Å². The van der Waals surface area contributed by atoms with Crippen LogP contribution in [0.2, 0.25) is 0 Å². The summed E-state index contributed by atoms with van der Waals surface area (Å²) in [5.74, 6) is 1.24. The van der Waals surface area contributed by atoms with Crippen molar-refractivity contribution in [3.05, 3.63) is 22.4 Å². The number of fused-ring (bicyclic) bond motifs is 1. The molecular weight excluding hydrogens is 416 g/mol. The molecule has 0 spiro atoms. The molecule has 1 saturated carbocycles. The van der Waals surface area contributed by atoms with Crippen LogP contribution in [0.25, 0.3) is 0 Å². The Morgan fingerprint density at radius 2 is 2.00 bits per heavy atom. The molecule has 4 rings (SSSR count). The predicted octanol–water partition coefficient (Wildman–Crippen LogP) is 3.57. The minimum Gasteiger partial charge on any atom is -0.384 e. The number of piperazine rings is 1. The molecule has 2 aliphatic heterocycles. The highest BCUT2D eigenvalue weighted by Crippen LogP contribution is 2.51. The van der Waals surface area contributed by atoms with Gasteiger partial charge >= 0.3 is 0 Å². The average Bonchev–Trinajstić information content (AvgIpc) is 3.53. The summed E-state index contributed by atoms with van der Waals surface area (Å²) < 4.78 is 11.3. The molecular formula is C26H38N4O3. The van der Waals surface area contributed by atoms with E-state index in [1.165, 1.54) is 0 Å². The molecule has 0 unspecified atom stereocenters. The molecule has 3 aliphatic rings. The highest BCUT2D eigenvalue weighted by molar-refractivity contribution is 5.77. The van der Waals surface area contributed by atoms with Gasteiger partial charge in [0, 0.05) is 44.1 Å². The molecule has 0 radical (unpaired) electrons. The smallest absolute Gasteiger partial charge is 0.225 e. The molecule has 1 saturated heterocycles. The fourth-order valence-electron chi connectivity index (χ4n) is 5.24. The normalized spacial score (nSPS) is 23.3. The lowest BCUT2D eigenvalue weighted by atomic mass is 9.85. The lowest BCUT2D eigenvalue weighted by Gasteiger charge is -2.45. The van der Waals surface area contributed by atoms with Crippen LogP contribution in [0.3, 0.4) is 0 Å². The van der Waals surface area contributed by atoms with Crippen molar-refractivity contribution in [3.8, 4) is 6.07 Å². The second-order valence-electron chi connectivity index (χ2n) is 11.1. The molecule has 0 bridgehead atoms. The molecule has 1 amide bonds. The van der Waals surface area contributed by atoms with Crippen molar-refractivity contribution in [1.82, 2.24) is 9.88 Å². The van der Waals surface area contributed by atoms with Gasteiger partial charge in [-0.2, -0.15) is 5.26 Å². The van der Waals surface area contributed by atoms with Gasteiger partial charge < -0.3 is 19.3 Å². The lowest BCUT2D eigenvalue weighted by molar-refractivity contribution is -0.135. The van der Waals surface area contributed by atoms with E-state index in [1.54, 1.807) is 7.11 Å². The largest absolute Gasteiger partial charge is 0.384 e. The summed E-state index contributed by atoms with van der Waals surface area (Å²) in [7, 11) is 1.63. The fourth-order valence-corrected chi connectivity index (χ4v) is 5.24. The first-order valence-corrected chi connectivity index (χ1v) is 12.2. The molecule has 0 N–H and O–H groups in total. The summed E-state index contributed by atoms with van der Waals surface area (Å²) in [4.78, 5) is 22.3. The molecule has 1 aromatic rings. The summed E-state index contributed by atoms with van der Waals surface area (Å²) in [6, 6.07) is 2.58. The average molecular weight is 455 g/mol. The number of ether oxygens (including phenoxy) is 2. The molecule has 3 heterocycles. The molecule has 7 heteroatoms. The monoisotopic (exact) mass is 454 g/mol. The number of amides is 1. The third kappa shape index (κ3) is 4.61. The third-order valence-corrected chi connectivity index (χ3v) is 7.61. The van der Waals surface area contributed by atoms with Crippen molar-refractivity contribution < 1.29 is 14.3 Å². The van der Waals surface area contributed by atoms with Gasteiger partial charge in [0.2, 0.25) is 5.91 Å². The maximum absolute atomic E-state index is 12.8. The van der Waals surface area contributed by atoms with Crippen LogP contribution in [-0.4, -0.2) is 60.8 Å². The van der Waals surface area contributed by atoms with E-state index in [-0.39, 0.29) is 23.0 Å². The van der Waals surface area contributed by atoms with Crippen molar-refractivity contribution in [3.63, 3.8) is 0 Å². The maximum Gasteiger partial charge on any atom is 0.225 e. The van der Waals surface area contributed by atoms with Crippen LogP contribution < -0.4 is 4.90 Å². The van der Waals surface area contributed by atoms with Crippen LogP contribution in [0.5, 0.6) is 0 Å². The van der Waals surface area contributed by atoms with E-state index in [2.05, 4.69) is 45.6 Å². The Morgan fingerprint density at radius 3 is 2.61 bits per heavy atom. The van der Waals surface area contributed by atoms with E-state index in [9.17, 15) is 10.1 Å². The van der Waals surface area contributed by atoms with Gasteiger partial charge in [-0.25, -0.2) is 4.98 Å². The third-order valence-electron chi connectivity index (χ3n) is 7.61. The van der Waals surface area contributed by atoms with Gasteiger partial charge in [-0.05, 0) is 38.2 Å². The van der Waals surface area contributed by atoms with Gasteiger partial charge in [-0.1, -0.05) is 20.8 Å². The molecule has 33 heavy (non-hydrogen) atoms. The van der Waals surface area contributed by atoms with E-state index in [1.807, 2.05) is 4.90 Å². The first-order chi connectivity index (χ1) is 15.6. The summed E-state index contributed by atoms with van der Waals surface area (Å²) >= 11 is 0. The first kappa shape index (κ1) is 24.0. The van der Waals surface area contributed by atoms with Gasteiger partial charge in [0.1, 0.15) is 11.9 Å². The zero-order valence-electron chi connectivity index (χ0n) is 21.0. The number of rotatable bonds is 6. The Morgan fingerprint density at radius 1 is 1.27 bits per heavy atom. The van der Waals surface area contributed by atoms with Crippen LogP contribution in [0.4, 0.5) is 5.82 Å². The Bertz CT molecular complexity index is 961. The highest BCUT2D eigenvalue weighted by atomic mass is 16.5. The number of hydrogen-bond acceptors (Lipinski definition) is 6. The summed E-state index contributed by atoms with van der Waals surface area (Å²) in [6.07, 6.45) is 3.36. The molecule has 180 valence electrons. The number of nitrogens with zero attached hydrogens (tertiary/aromatic N) is 4. The number of carbonyl (C=O) groups is 1. The molecule has 2 fully saturated rings. The second-order valence-corrected chi connectivity index (χ2v) is 11.1. The number of anilines is 1. The number of aromatic nitrogens is 1. The number of carbonyl (C=O) groups excluding carboxylic acids is 1. The van der Waals surface area contributed by atoms with Crippen LogP contribution >= 0.6 is 0 Å². The lowest BCUT2D eigenvalue weighted by Crippen LogP contribution is -2.57. The summed E-state index contributed by atoms with van der Waals surface area (Å²) in [5.41, 5.74) is 3.82. The van der Waals surface area contributed by atoms with Crippen molar-refractivity contribution in [1.29, 1.82) is 5.26 Å². The van der Waals surface area contributed by atoms with Crippen LogP contribution in [0.1, 0.15) is 76.3 Å². The Balaban J connectivity index is 1.72. The Labute approximate surface area is 198 Å². The number of methoxy groups -OCH3 is 1. The summed E-state index contributed by atoms with van der Waals surface area (Å²) in [6.45, 7) is 13.7. The number of nitriles is 1. The topological polar surface area (TPSA) is 78.7 Å². The van der Waals surface area contributed by atoms with Crippen LogP contribution in [0.15, 0.2) is 0 Å². The molecule has 1 atom stereocenters. The number of hydrogen-bond donors (Lipinski definition) is 0. The Kier molecular flexibility index (Phi) is 6.45. The fraction of sp³-hybridized carbons (Fsp3) is 0.731. The van der Waals surface area contributed by atoms with Gasteiger partial charge in [-0.3, -0.25) is 4.79 Å². The standard InChI is InChI=1S/C26H38N4O3/c1-17(2)21-15-29(10-11-30(21)22(31)7-12-32-6)24-19(14-27)18-13-25(3,4)33-16-20(18)23(28-24)26(5)8-9-26/h17,21H,7-13,15-16H2,1-6H3/t21-/m0/s1. The van der Waals surface area contributed by atoms with Crippen LogP contribution in [0, 0.1) is 17.2 Å². The van der Waals surface area contributed by atoms with Crippen LogP contribution in [-0.2, 0) is 32.7 Å². The second kappa shape index (κ2) is 8.88. The van der Waals surface area contributed by atoms with E-state index >= 15 is 0 Å². The van der Waals surface area contributed by atoms with Gasteiger partial charge in [0.05, 0.1) is 42.5 Å². The SMILES string of the molecule is COCCC(=O)N1CCN(c2nc(C3(C)CC3)c3c(c2C#N)CC(C)(C)OC3)C[C@H]1C(C)C. The van der Waals surface area contributed by atoms with E-state index in [0.29, 0.717) is 57.2 Å².